The maximum absolute atomic E-state index is 11.7. The van der Waals surface area contributed by atoms with Gasteiger partial charge in [0.1, 0.15) is 0 Å². The zero-order valence-electron chi connectivity index (χ0n) is 12.4. The fourth-order valence-corrected chi connectivity index (χ4v) is 2.54. The smallest absolute Gasteiger partial charge is 0.337 e. The van der Waals surface area contributed by atoms with E-state index in [-0.39, 0.29) is 5.97 Å². The third kappa shape index (κ3) is 3.85. The van der Waals surface area contributed by atoms with Gasteiger partial charge in [-0.05, 0) is 53.8 Å². The van der Waals surface area contributed by atoms with Gasteiger partial charge in [0.15, 0.2) is 0 Å². The fraction of sp³-hybridized carbons (Fsp3) is 0.278. The Bertz CT molecular complexity index is 635. The lowest BCUT2D eigenvalue weighted by atomic mass is 9.95. The molecular weight excluding hydrogens is 284 g/mol. The highest BCUT2D eigenvalue weighted by molar-refractivity contribution is 6.30. The highest BCUT2D eigenvalue weighted by Crippen LogP contribution is 2.28. The second-order valence-corrected chi connectivity index (χ2v) is 5.41. The lowest BCUT2D eigenvalue weighted by molar-refractivity contribution is 0.0601. The Morgan fingerprint density at radius 2 is 2.00 bits per heavy atom. The second-order valence-electron chi connectivity index (χ2n) is 4.98. The maximum atomic E-state index is 11.7. The Morgan fingerprint density at radius 3 is 2.71 bits per heavy atom. The van der Waals surface area contributed by atoms with Crippen molar-refractivity contribution in [2.24, 2.45) is 0 Å². The number of ether oxygens (including phenoxy) is 1. The highest BCUT2D eigenvalue weighted by Gasteiger charge is 2.10. The summed E-state index contributed by atoms with van der Waals surface area (Å²) >= 11 is 6.11. The molecule has 0 radical (unpaired) electrons. The molecule has 2 rings (SSSR count). The fourth-order valence-electron chi connectivity index (χ4n) is 2.35. The summed E-state index contributed by atoms with van der Waals surface area (Å²) in [6.07, 6.45) is 3.23. The number of halogens is 1. The molecule has 0 aliphatic rings. The first kappa shape index (κ1) is 15.6. The van der Waals surface area contributed by atoms with Crippen LogP contribution in [0, 0.1) is 0 Å². The summed E-state index contributed by atoms with van der Waals surface area (Å²) in [4.78, 5) is 11.7. The number of esters is 1. The Kier molecular flexibility index (Phi) is 5.40. The molecule has 0 saturated carbocycles. The van der Waals surface area contributed by atoms with Crippen LogP contribution < -0.4 is 0 Å². The second kappa shape index (κ2) is 7.28. The Balaban J connectivity index is 2.43. The number of methoxy groups -OCH3 is 1. The minimum atomic E-state index is -0.319. The molecule has 0 fully saturated rings. The van der Waals surface area contributed by atoms with E-state index < -0.39 is 0 Å². The molecule has 0 heterocycles. The summed E-state index contributed by atoms with van der Waals surface area (Å²) in [7, 11) is 1.39. The Hall–Kier alpha value is -1.80. The average molecular weight is 303 g/mol. The van der Waals surface area contributed by atoms with Crippen LogP contribution in [0.15, 0.2) is 42.5 Å². The van der Waals surface area contributed by atoms with E-state index >= 15 is 0 Å². The molecule has 0 amide bonds. The Labute approximate surface area is 130 Å². The van der Waals surface area contributed by atoms with Crippen LogP contribution in [0.25, 0.3) is 11.1 Å². The third-order valence-corrected chi connectivity index (χ3v) is 3.70. The van der Waals surface area contributed by atoms with Gasteiger partial charge in [0.2, 0.25) is 0 Å². The first-order chi connectivity index (χ1) is 10.2. The molecule has 0 bridgehead atoms. The number of carbonyl (C=O) groups excluding carboxylic acids is 1. The Morgan fingerprint density at radius 1 is 1.19 bits per heavy atom. The molecule has 2 aromatic rings. The predicted molar refractivity (Wildman–Crippen MR) is 86.8 cm³/mol. The third-order valence-electron chi connectivity index (χ3n) is 3.46. The van der Waals surface area contributed by atoms with E-state index in [0.29, 0.717) is 5.56 Å². The molecule has 0 atom stereocenters. The topological polar surface area (TPSA) is 26.3 Å². The molecule has 2 aromatic carbocycles. The number of unbranched alkanes of at least 4 members (excludes halogenated alkanes) is 1. The molecule has 0 saturated heterocycles. The van der Waals surface area contributed by atoms with Crippen molar-refractivity contribution in [1.82, 2.24) is 0 Å². The minimum absolute atomic E-state index is 0.319. The monoisotopic (exact) mass is 302 g/mol. The molecule has 110 valence electrons. The minimum Gasteiger partial charge on any atom is -0.465 e. The SMILES string of the molecule is CCCCc1cc(Cl)ccc1-c1cccc(C(=O)OC)c1. The van der Waals surface area contributed by atoms with Gasteiger partial charge >= 0.3 is 5.97 Å². The van der Waals surface area contributed by atoms with Gasteiger partial charge in [-0.2, -0.15) is 0 Å². The largest absolute Gasteiger partial charge is 0.465 e. The van der Waals surface area contributed by atoms with Crippen LogP contribution in [0.2, 0.25) is 5.02 Å². The van der Waals surface area contributed by atoms with Crippen LogP contribution >= 0.6 is 11.6 Å². The number of hydrogen-bond donors (Lipinski definition) is 0. The molecule has 0 spiro atoms. The average Bonchev–Trinajstić information content (AvgIpc) is 2.52. The van der Waals surface area contributed by atoms with Gasteiger partial charge < -0.3 is 4.74 Å². The van der Waals surface area contributed by atoms with E-state index in [1.54, 1.807) is 6.07 Å². The van der Waals surface area contributed by atoms with E-state index in [1.165, 1.54) is 12.7 Å². The molecule has 3 heteroatoms. The van der Waals surface area contributed by atoms with Crippen molar-refractivity contribution in [1.29, 1.82) is 0 Å². The van der Waals surface area contributed by atoms with Crippen molar-refractivity contribution in [3.05, 3.63) is 58.6 Å². The van der Waals surface area contributed by atoms with Gasteiger partial charge in [-0.15, -0.1) is 0 Å². The van der Waals surface area contributed by atoms with E-state index in [0.717, 1.165) is 35.4 Å². The number of hydrogen-bond acceptors (Lipinski definition) is 2. The lowest BCUT2D eigenvalue weighted by Gasteiger charge is -2.11. The first-order valence-corrected chi connectivity index (χ1v) is 7.50. The summed E-state index contributed by atoms with van der Waals surface area (Å²) in [6, 6.07) is 13.4. The molecular formula is C18H19ClO2. The summed E-state index contributed by atoms with van der Waals surface area (Å²) in [5.41, 5.74) is 3.91. The van der Waals surface area contributed by atoms with Crippen LogP contribution in [-0.4, -0.2) is 13.1 Å². The number of aryl methyl sites for hydroxylation is 1. The highest BCUT2D eigenvalue weighted by atomic mass is 35.5. The molecule has 0 aliphatic heterocycles. The normalized spacial score (nSPS) is 10.4. The van der Waals surface area contributed by atoms with Crippen molar-refractivity contribution < 1.29 is 9.53 Å². The molecule has 0 aliphatic carbocycles. The zero-order chi connectivity index (χ0) is 15.2. The van der Waals surface area contributed by atoms with E-state index in [4.69, 9.17) is 16.3 Å². The summed E-state index contributed by atoms with van der Waals surface area (Å²) in [6.45, 7) is 2.17. The maximum Gasteiger partial charge on any atom is 0.337 e. The van der Waals surface area contributed by atoms with Gasteiger partial charge in [-0.25, -0.2) is 4.79 Å². The zero-order valence-corrected chi connectivity index (χ0v) is 13.1. The quantitative estimate of drug-likeness (QED) is 0.715. The van der Waals surface area contributed by atoms with Crippen molar-refractivity contribution >= 4 is 17.6 Å². The molecule has 21 heavy (non-hydrogen) atoms. The van der Waals surface area contributed by atoms with Crippen LogP contribution in [0.1, 0.15) is 35.7 Å². The lowest BCUT2D eigenvalue weighted by Crippen LogP contribution is -2.01. The van der Waals surface area contributed by atoms with E-state index in [1.807, 2.05) is 36.4 Å². The molecule has 0 N–H and O–H groups in total. The molecule has 2 nitrogen and oxygen atoms in total. The van der Waals surface area contributed by atoms with E-state index in [9.17, 15) is 4.79 Å². The summed E-state index contributed by atoms with van der Waals surface area (Å²) in [5.74, 6) is -0.319. The summed E-state index contributed by atoms with van der Waals surface area (Å²) in [5, 5.41) is 0.744. The van der Waals surface area contributed by atoms with Crippen LogP contribution in [-0.2, 0) is 11.2 Å². The van der Waals surface area contributed by atoms with Gasteiger partial charge in [0.05, 0.1) is 12.7 Å². The first-order valence-electron chi connectivity index (χ1n) is 7.13. The standard InChI is InChI=1S/C18H19ClO2/c1-3-4-6-14-12-16(19)9-10-17(14)13-7-5-8-15(11-13)18(20)21-2/h5,7-12H,3-4,6H2,1-2H3. The number of carbonyl (C=O) groups is 1. The predicted octanol–water partition coefficient (Wildman–Crippen LogP) is 5.14. The van der Waals surface area contributed by atoms with Gasteiger partial charge in [-0.1, -0.05) is 43.1 Å². The van der Waals surface area contributed by atoms with E-state index in [2.05, 4.69) is 6.92 Å². The number of rotatable bonds is 5. The van der Waals surface area contributed by atoms with Crippen molar-refractivity contribution in [3.8, 4) is 11.1 Å². The van der Waals surface area contributed by atoms with Crippen LogP contribution in [0.3, 0.4) is 0 Å². The van der Waals surface area contributed by atoms with Gasteiger partial charge in [0.25, 0.3) is 0 Å². The van der Waals surface area contributed by atoms with Crippen LogP contribution in [0.4, 0.5) is 0 Å². The summed E-state index contributed by atoms with van der Waals surface area (Å²) < 4.78 is 4.78. The van der Waals surface area contributed by atoms with Gasteiger partial charge in [-0.3, -0.25) is 0 Å². The van der Waals surface area contributed by atoms with Crippen molar-refractivity contribution in [2.45, 2.75) is 26.2 Å². The molecule has 0 unspecified atom stereocenters. The number of benzene rings is 2. The van der Waals surface area contributed by atoms with Crippen molar-refractivity contribution in [2.75, 3.05) is 7.11 Å². The molecule has 0 aromatic heterocycles. The van der Waals surface area contributed by atoms with Gasteiger partial charge in [0, 0.05) is 5.02 Å². The van der Waals surface area contributed by atoms with Crippen LogP contribution in [0.5, 0.6) is 0 Å². The van der Waals surface area contributed by atoms with Crippen molar-refractivity contribution in [3.63, 3.8) is 0 Å².